The number of amides is 2. The maximum absolute atomic E-state index is 12.8. The molecule has 2 saturated heterocycles. The van der Waals surface area contributed by atoms with E-state index < -0.39 is 0 Å². The molecule has 2 fully saturated rings. The summed E-state index contributed by atoms with van der Waals surface area (Å²) in [5.41, 5.74) is 4.25. The summed E-state index contributed by atoms with van der Waals surface area (Å²) in [7, 11) is 0. The van der Waals surface area contributed by atoms with Crippen molar-refractivity contribution in [3.05, 3.63) is 59.4 Å². The predicted molar refractivity (Wildman–Crippen MR) is 117 cm³/mol. The molecule has 2 aliphatic heterocycles. The maximum atomic E-state index is 12.8. The molecule has 2 amide bonds. The highest BCUT2D eigenvalue weighted by Gasteiger charge is 2.36. The Morgan fingerprint density at radius 3 is 2.67 bits per heavy atom. The van der Waals surface area contributed by atoms with Crippen molar-refractivity contribution < 1.29 is 9.59 Å². The van der Waals surface area contributed by atoms with Crippen molar-refractivity contribution in [1.82, 2.24) is 15.2 Å². The lowest BCUT2D eigenvalue weighted by Gasteiger charge is -2.32. The number of aromatic nitrogens is 1. The molecule has 30 heavy (non-hydrogen) atoms. The number of carbonyl (C=O) groups is 2. The van der Waals surface area contributed by atoms with E-state index in [1.165, 1.54) is 5.56 Å². The molecule has 1 atom stereocenters. The first kappa shape index (κ1) is 20.5. The normalized spacial score (nSPS) is 20.5. The molecule has 1 N–H and O–H groups in total. The summed E-state index contributed by atoms with van der Waals surface area (Å²) < 4.78 is 0. The first-order chi connectivity index (χ1) is 14.5. The summed E-state index contributed by atoms with van der Waals surface area (Å²) in [4.78, 5) is 34.0. The lowest BCUT2D eigenvalue weighted by Crippen LogP contribution is -2.46. The molecule has 2 aliphatic rings. The molecule has 0 spiro atoms. The average Bonchev–Trinajstić information content (AvgIpc) is 3.12. The molecule has 6 heteroatoms. The third-order valence-corrected chi connectivity index (χ3v) is 6.18. The number of hydrogen-bond donors (Lipinski definition) is 1. The molecule has 0 aliphatic carbocycles. The molecule has 0 bridgehead atoms. The first-order valence-corrected chi connectivity index (χ1v) is 10.8. The number of anilines is 1. The van der Waals surface area contributed by atoms with Crippen LogP contribution in [0.4, 0.5) is 5.69 Å². The Kier molecular flexibility index (Phi) is 6.13. The van der Waals surface area contributed by atoms with Crippen LogP contribution < -0.4 is 10.2 Å². The van der Waals surface area contributed by atoms with Gasteiger partial charge in [0.25, 0.3) is 0 Å². The van der Waals surface area contributed by atoms with E-state index in [0.717, 1.165) is 49.4 Å². The van der Waals surface area contributed by atoms with Gasteiger partial charge in [-0.2, -0.15) is 0 Å². The van der Waals surface area contributed by atoms with Crippen LogP contribution in [0.3, 0.4) is 0 Å². The van der Waals surface area contributed by atoms with Crippen LogP contribution in [0.25, 0.3) is 0 Å². The number of pyridine rings is 1. The van der Waals surface area contributed by atoms with Crippen LogP contribution in [0.2, 0.25) is 0 Å². The van der Waals surface area contributed by atoms with Crippen molar-refractivity contribution in [3.63, 3.8) is 0 Å². The average molecular weight is 407 g/mol. The molecule has 0 saturated carbocycles. The van der Waals surface area contributed by atoms with Crippen molar-refractivity contribution in [2.24, 2.45) is 5.92 Å². The van der Waals surface area contributed by atoms with Gasteiger partial charge < -0.3 is 10.2 Å². The van der Waals surface area contributed by atoms with Gasteiger partial charge in [-0.1, -0.05) is 23.8 Å². The van der Waals surface area contributed by atoms with E-state index in [0.29, 0.717) is 6.54 Å². The van der Waals surface area contributed by atoms with Crippen molar-refractivity contribution in [3.8, 4) is 0 Å². The molecule has 2 aromatic rings. The zero-order valence-corrected chi connectivity index (χ0v) is 17.8. The summed E-state index contributed by atoms with van der Waals surface area (Å²) >= 11 is 0. The number of rotatable bonds is 5. The van der Waals surface area contributed by atoms with Gasteiger partial charge in [0.15, 0.2) is 0 Å². The molecule has 0 unspecified atom stereocenters. The monoisotopic (exact) mass is 406 g/mol. The summed E-state index contributed by atoms with van der Waals surface area (Å²) in [5.74, 6) is -0.226. The van der Waals surface area contributed by atoms with Gasteiger partial charge in [0.1, 0.15) is 0 Å². The van der Waals surface area contributed by atoms with Crippen LogP contribution in [0, 0.1) is 19.8 Å². The van der Waals surface area contributed by atoms with Gasteiger partial charge in [0, 0.05) is 50.5 Å². The Balaban J connectivity index is 1.28. The highest BCUT2D eigenvalue weighted by atomic mass is 16.2. The number of carbonyl (C=O) groups excluding carboxylic acids is 2. The molecule has 4 rings (SSSR count). The van der Waals surface area contributed by atoms with E-state index in [1.807, 2.05) is 50.4 Å². The predicted octanol–water partition coefficient (Wildman–Crippen LogP) is 2.83. The Bertz CT molecular complexity index is 907. The minimum Gasteiger partial charge on any atom is -0.353 e. The van der Waals surface area contributed by atoms with Crippen molar-refractivity contribution in [2.45, 2.75) is 45.7 Å². The lowest BCUT2D eigenvalue weighted by molar-refractivity contribution is -0.127. The molecule has 3 heterocycles. The van der Waals surface area contributed by atoms with Crippen LogP contribution in [0.5, 0.6) is 0 Å². The number of aryl methyl sites for hydroxylation is 2. The second-order valence-electron chi connectivity index (χ2n) is 8.58. The zero-order chi connectivity index (χ0) is 21.1. The second kappa shape index (κ2) is 8.96. The zero-order valence-electron chi connectivity index (χ0n) is 17.8. The van der Waals surface area contributed by atoms with Gasteiger partial charge in [-0.05, 0) is 50.5 Å². The summed E-state index contributed by atoms with van der Waals surface area (Å²) in [6, 6.07) is 12.3. The number of piperidine rings is 1. The van der Waals surface area contributed by atoms with Gasteiger partial charge in [0.2, 0.25) is 11.8 Å². The minimum atomic E-state index is -0.273. The minimum absolute atomic E-state index is 0.0128. The van der Waals surface area contributed by atoms with Gasteiger partial charge in [-0.3, -0.25) is 19.5 Å². The first-order valence-electron chi connectivity index (χ1n) is 10.8. The summed E-state index contributed by atoms with van der Waals surface area (Å²) in [5, 5.41) is 3.20. The third-order valence-electron chi connectivity index (χ3n) is 6.18. The Hall–Kier alpha value is -2.73. The van der Waals surface area contributed by atoms with E-state index in [-0.39, 0.29) is 30.2 Å². The van der Waals surface area contributed by atoms with E-state index in [9.17, 15) is 9.59 Å². The van der Waals surface area contributed by atoms with Crippen LogP contribution in [-0.4, -0.2) is 47.4 Å². The van der Waals surface area contributed by atoms with E-state index in [2.05, 4.69) is 21.3 Å². The molecule has 1 aromatic heterocycles. The lowest BCUT2D eigenvalue weighted by atomic mass is 10.0. The van der Waals surface area contributed by atoms with Gasteiger partial charge in [-0.15, -0.1) is 0 Å². The Morgan fingerprint density at radius 2 is 1.97 bits per heavy atom. The van der Waals surface area contributed by atoms with Crippen LogP contribution >= 0.6 is 0 Å². The highest BCUT2D eigenvalue weighted by Crippen LogP contribution is 2.29. The highest BCUT2D eigenvalue weighted by molar-refractivity contribution is 6.00. The topological polar surface area (TPSA) is 65.5 Å². The third kappa shape index (κ3) is 4.70. The Labute approximate surface area is 178 Å². The Morgan fingerprint density at radius 1 is 1.17 bits per heavy atom. The SMILES string of the molecule is Cc1ccc(N2C[C@H](C(=O)NC3CCN(Cc4ccccn4)CC3)CC2=O)c(C)c1. The fourth-order valence-electron chi connectivity index (χ4n) is 4.50. The van der Waals surface area contributed by atoms with E-state index in [4.69, 9.17) is 0 Å². The summed E-state index contributed by atoms with van der Waals surface area (Å²) in [6.07, 6.45) is 3.98. The second-order valence-corrected chi connectivity index (χ2v) is 8.58. The van der Waals surface area contributed by atoms with E-state index >= 15 is 0 Å². The quantitative estimate of drug-likeness (QED) is 0.829. The maximum Gasteiger partial charge on any atom is 0.227 e. The van der Waals surface area contributed by atoms with Crippen LogP contribution in [-0.2, 0) is 16.1 Å². The molecule has 1 aromatic carbocycles. The van der Waals surface area contributed by atoms with Crippen LogP contribution in [0.1, 0.15) is 36.1 Å². The van der Waals surface area contributed by atoms with E-state index in [1.54, 1.807) is 4.90 Å². The smallest absolute Gasteiger partial charge is 0.227 e. The van der Waals surface area contributed by atoms with Crippen molar-refractivity contribution in [2.75, 3.05) is 24.5 Å². The molecular weight excluding hydrogens is 376 g/mol. The number of benzene rings is 1. The van der Waals surface area contributed by atoms with Gasteiger partial charge in [0.05, 0.1) is 11.6 Å². The standard InChI is InChI=1S/C24H30N4O2/c1-17-6-7-22(18(2)13-17)28-15-19(14-23(28)29)24(30)26-20-8-11-27(12-9-20)16-21-5-3-4-10-25-21/h3-7,10,13,19-20H,8-9,11-12,14-16H2,1-2H3,(H,26,30)/t19-/m1/s1. The molecule has 158 valence electrons. The fourth-order valence-corrected chi connectivity index (χ4v) is 4.50. The van der Waals surface area contributed by atoms with Gasteiger partial charge in [-0.25, -0.2) is 0 Å². The van der Waals surface area contributed by atoms with Crippen molar-refractivity contribution >= 4 is 17.5 Å². The number of likely N-dealkylation sites (tertiary alicyclic amines) is 1. The molecular formula is C24H30N4O2. The largest absolute Gasteiger partial charge is 0.353 e. The van der Waals surface area contributed by atoms with Gasteiger partial charge >= 0.3 is 0 Å². The fraction of sp³-hybridized carbons (Fsp3) is 0.458. The number of hydrogen-bond acceptors (Lipinski definition) is 4. The molecule has 6 nitrogen and oxygen atoms in total. The summed E-state index contributed by atoms with van der Waals surface area (Å²) in [6.45, 7) is 7.26. The number of nitrogens with zero attached hydrogens (tertiary/aromatic N) is 3. The molecule has 0 radical (unpaired) electrons. The van der Waals surface area contributed by atoms with Crippen LogP contribution in [0.15, 0.2) is 42.6 Å². The van der Waals surface area contributed by atoms with Crippen molar-refractivity contribution in [1.29, 1.82) is 0 Å². The number of nitrogens with one attached hydrogen (secondary N) is 1.